The van der Waals surface area contributed by atoms with Crippen molar-refractivity contribution < 1.29 is 5.11 Å². The van der Waals surface area contributed by atoms with E-state index in [0.29, 0.717) is 5.75 Å². The van der Waals surface area contributed by atoms with Gasteiger partial charge in [-0.2, -0.15) is 0 Å². The van der Waals surface area contributed by atoms with Crippen LogP contribution < -0.4 is 5.73 Å². The number of fused-ring (bicyclic) bond motifs is 1. The Balaban J connectivity index is 2.40. The Kier molecular flexibility index (Phi) is 3.49. The lowest BCUT2D eigenvalue weighted by Gasteiger charge is -2.16. The van der Waals surface area contributed by atoms with Gasteiger partial charge in [0.15, 0.2) is 0 Å². The van der Waals surface area contributed by atoms with Crippen molar-refractivity contribution in [3.63, 3.8) is 0 Å². The van der Waals surface area contributed by atoms with Crippen LogP contribution in [0.25, 0.3) is 0 Å². The van der Waals surface area contributed by atoms with E-state index in [4.69, 9.17) is 5.73 Å². The summed E-state index contributed by atoms with van der Waals surface area (Å²) in [4.78, 5) is 0. The Labute approximate surface area is 97.5 Å². The summed E-state index contributed by atoms with van der Waals surface area (Å²) >= 11 is 0. The molecule has 1 aliphatic rings. The number of benzene rings is 1. The van der Waals surface area contributed by atoms with Gasteiger partial charge < -0.3 is 10.8 Å². The number of nitrogens with two attached hydrogens (primary N) is 1. The molecule has 3 N–H and O–H groups in total. The first-order valence-electron chi connectivity index (χ1n) is 6.26. The lowest BCUT2D eigenvalue weighted by molar-refractivity contribution is 0.464. The Morgan fingerprint density at radius 2 is 2.00 bits per heavy atom. The van der Waals surface area contributed by atoms with E-state index in [0.717, 1.165) is 24.8 Å². The second kappa shape index (κ2) is 4.88. The molecule has 1 aromatic rings. The molecule has 1 unspecified atom stereocenters. The van der Waals surface area contributed by atoms with E-state index in [1.165, 1.54) is 30.4 Å². The van der Waals surface area contributed by atoms with Gasteiger partial charge in [0.2, 0.25) is 0 Å². The average molecular weight is 219 g/mol. The third-order valence-corrected chi connectivity index (χ3v) is 3.40. The minimum atomic E-state index is 0.112. The first kappa shape index (κ1) is 11.5. The maximum atomic E-state index is 9.95. The second-order valence-electron chi connectivity index (χ2n) is 4.94. The zero-order valence-corrected chi connectivity index (χ0v) is 10.00. The summed E-state index contributed by atoms with van der Waals surface area (Å²) < 4.78 is 0. The molecule has 1 aliphatic carbocycles. The fourth-order valence-corrected chi connectivity index (χ4v) is 2.62. The highest BCUT2D eigenvalue weighted by molar-refractivity contribution is 5.45. The first-order valence-corrected chi connectivity index (χ1v) is 6.26. The van der Waals surface area contributed by atoms with Gasteiger partial charge in [-0.25, -0.2) is 0 Å². The molecule has 0 aliphatic heterocycles. The molecular formula is C14H21NO. The van der Waals surface area contributed by atoms with E-state index in [-0.39, 0.29) is 6.04 Å². The van der Waals surface area contributed by atoms with Crippen LogP contribution in [0.1, 0.15) is 42.9 Å². The Morgan fingerprint density at radius 3 is 2.75 bits per heavy atom. The second-order valence-corrected chi connectivity index (χ2v) is 4.94. The molecule has 2 nitrogen and oxygen atoms in total. The summed E-state index contributed by atoms with van der Waals surface area (Å²) in [7, 11) is 0. The van der Waals surface area contributed by atoms with Crippen LogP contribution in [0.5, 0.6) is 5.75 Å². The van der Waals surface area contributed by atoms with Crippen molar-refractivity contribution in [2.75, 3.05) is 0 Å². The predicted octanol–water partition coefficient (Wildman–Crippen LogP) is 2.55. The highest BCUT2D eigenvalue weighted by Crippen LogP contribution is 2.30. The van der Waals surface area contributed by atoms with Crippen molar-refractivity contribution in [3.05, 3.63) is 28.8 Å². The molecule has 88 valence electrons. The molecule has 0 aromatic heterocycles. The zero-order valence-electron chi connectivity index (χ0n) is 10.00. The summed E-state index contributed by atoms with van der Waals surface area (Å²) in [5, 5.41) is 9.95. The van der Waals surface area contributed by atoms with E-state index in [9.17, 15) is 5.11 Å². The number of phenolic OH excluding ortho intramolecular Hbond substituents is 1. The van der Waals surface area contributed by atoms with E-state index >= 15 is 0 Å². The lowest BCUT2D eigenvalue weighted by atomic mass is 9.93. The summed E-state index contributed by atoms with van der Waals surface area (Å²) in [5.41, 5.74) is 9.74. The lowest BCUT2D eigenvalue weighted by Crippen LogP contribution is -2.19. The van der Waals surface area contributed by atoms with Crippen LogP contribution in [0.15, 0.2) is 12.1 Å². The number of aromatic hydroxyl groups is 1. The van der Waals surface area contributed by atoms with Crippen LogP contribution in [-0.4, -0.2) is 11.1 Å². The standard InChI is InChI=1S/C14H21NO/c1-10(15)9-13-12-6-4-2-3-5-11(12)7-8-14(13)16/h7-8,10,16H,2-6,9,15H2,1H3. The Hall–Kier alpha value is -1.02. The molecular weight excluding hydrogens is 198 g/mol. The summed E-state index contributed by atoms with van der Waals surface area (Å²) in [6.07, 6.45) is 6.85. The molecule has 0 bridgehead atoms. The average Bonchev–Trinajstić information content (AvgIpc) is 2.47. The first-order chi connectivity index (χ1) is 7.68. The molecule has 0 spiro atoms. The SMILES string of the molecule is CC(N)Cc1c(O)ccc2c1CCCCC2. The van der Waals surface area contributed by atoms with Crippen molar-refractivity contribution in [1.29, 1.82) is 0 Å². The van der Waals surface area contributed by atoms with Crippen LogP contribution in [0, 0.1) is 0 Å². The van der Waals surface area contributed by atoms with Crippen molar-refractivity contribution in [1.82, 2.24) is 0 Å². The molecule has 0 saturated carbocycles. The Bertz CT molecular complexity index is 371. The van der Waals surface area contributed by atoms with E-state index in [1.807, 2.05) is 13.0 Å². The zero-order chi connectivity index (χ0) is 11.5. The highest BCUT2D eigenvalue weighted by atomic mass is 16.3. The minimum absolute atomic E-state index is 0.112. The van der Waals surface area contributed by atoms with Gasteiger partial charge in [0, 0.05) is 6.04 Å². The van der Waals surface area contributed by atoms with Crippen LogP contribution in [0.4, 0.5) is 0 Å². The fourth-order valence-electron chi connectivity index (χ4n) is 2.62. The van der Waals surface area contributed by atoms with Crippen molar-refractivity contribution in [3.8, 4) is 5.75 Å². The van der Waals surface area contributed by atoms with Gasteiger partial charge in [-0.3, -0.25) is 0 Å². The molecule has 0 heterocycles. The van der Waals surface area contributed by atoms with Gasteiger partial charge in [0.05, 0.1) is 0 Å². The smallest absolute Gasteiger partial charge is 0.119 e. The van der Waals surface area contributed by atoms with Gasteiger partial charge in [-0.1, -0.05) is 12.5 Å². The Morgan fingerprint density at radius 1 is 1.25 bits per heavy atom. The molecule has 0 radical (unpaired) electrons. The third kappa shape index (κ3) is 2.38. The number of phenols is 1. The largest absolute Gasteiger partial charge is 0.508 e. The number of hydrogen-bond acceptors (Lipinski definition) is 2. The maximum absolute atomic E-state index is 9.95. The molecule has 0 saturated heterocycles. The van der Waals surface area contributed by atoms with Gasteiger partial charge in [0.25, 0.3) is 0 Å². The molecule has 16 heavy (non-hydrogen) atoms. The molecule has 0 fully saturated rings. The van der Waals surface area contributed by atoms with Crippen molar-refractivity contribution in [2.45, 2.75) is 51.5 Å². The summed E-state index contributed by atoms with van der Waals surface area (Å²) in [5.74, 6) is 0.429. The normalized spacial score (nSPS) is 17.6. The highest BCUT2D eigenvalue weighted by Gasteiger charge is 2.16. The van der Waals surface area contributed by atoms with Crippen molar-refractivity contribution >= 4 is 0 Å². The number of hydrogen-bond donors (Lipinski definition) is 2. The summed E-state index contributed by atoms with van der Waals surface area (Å²) in [6, 6.07) is 4.03. The number of rotatable bonds is 2. The molecule has 1 aromatic carbocycles. The van der Waals surface area contributed by atoms with Crippen molar-refractivity contribution in [2.24, 2.45) is 5.73 Å². The van der Waals surface area contributed by atoms with Crippen LogP contribution in [0.2, 0.25) is 0 Å². The van der Waals surface area contributed by atoms with E-state index in [2.05, 4.69) is 6.07 Å². The molecule has 0 amide bonds. The molecule has 2 heteroatoms. The topological polar surface area (TPSA) is 46.2 Å². The van der Waals surface area contributed by atoms with Gasteiger partial charge in [-0.15, -0.1) is 0 Å². The van der Waals surface area contributed by atoms with Crippen LogP contribution in [0.3, 0.4) is 0 Å². The quantitative estimate of drug-likeness (QED) is 0.751. The maximum Gasteiger partial charge on any atom is 0.119 e. The molecule has 2 rings (SSSR count). The predicted molar refractivity (Wildman–Crippen MR) is 66.7 cm³/mol. The fraction of sp³-hybridized carbons (Fsp3) is 0.571. The van der Waals surface area contributed by atoms with Gasteiger partial charge in [-0.05, 0) is 61.8 Å². The third-order valence-electron chi connectivity index (χ3n) is 3.40. The van der Waals surface area contributed by atoms with Gasteiger partial charge in [0.1, 0.15) is 5.75 Å². The van der Waals surface area contributed by atoms with E-state index in [1.54, 1.807) is 0 Å². The monoisotopic (exact) mass is 219 g/mol. The van der Waals surface area contributed by atoms with E-state index < -0.39 is 0 Å². The molecule has 1 atom stereocenters. The summed E-state index contributed by atoms with van der Waals surface area (Å²) in [6.45, 7) is 2.00. The van der Waals surface area contributed by atoms with Gasteiger partial charge >= 0.3 is 0 Å². The minimum Gasteiger partial charge on any atom is -0.508 e. The van der Waals surface area contributed by atoms with Crippen LogP contribution in [-0.2, 0) is 19.3 Å². The van der Waals surface area contributed by atoms with Crippen LogP contribution >= 0.6 is 0 Å². The number of aryl methyl sites for hydroxylation is 1.